The van der Waals surface area contributed by atoms with Crippen LogP contribution in [0, 0.1) is 0 Å². The Balaban J connectivity index is 1.40. The Bertz CT molecular complexity index is 931. The van der Waals surface area contributed by atoms with E-state index in [1.165, 1.54) is 0 Å². The third kappa shape index (κ3) is 5.04. The molecule has 2 aromatic rings. The van der Waals surface area contributed by atoms with E-state index in [1.807, 2.05) is 18.2 Å². The maximum absolute atomic E-state index is 12.5. The normalized spacial score (nSPS) is 24.2. The van der Waals surface area contributed by atoms with Crippen LogP contribution < -0.4 is 15.4 Å². The molecule has 4 rings (SSSR count). The van der Waals surface area contributed by atoms with Crippen LogP contribution in [0.3, 0.4) is 0 Å². The fourth-order valence-electron chi connectivity index (χ4n) is 3.59. The Hall–Kier alpha value is -3.36. The molecule has 0 aliphatic carbocycles. The number of benzene rings is 2. The van der Waals surface area contributed by atoms with Gasteiger partial charge in [-0.05, 0) is 36.4 Å². The van der Waals surface area contributed by atoms with Crippen molar-refractivity contribution in [2.45, 2.75) is 24.4 Å². The van der Waals surface area contributed by atoms with Gasteiger partial charge in [0.25, 0.3) is 5.91 Å². The Morgan fingerprint density at radius 2 is 1.87 bits per heavy atom. The second-order valence-corrected chi connectivity index (χ2v) is 7.16. The summed E-state index contributed by atoms with van der Waals surface area (Å²) in [4.78, 5) is 24.9. The third-order valence-electron chi connectivity index (χ3n) is 5.14. The smallest absolute Gasteiger partial charge is 0.412 e. The van der Waals surface area contributed by atoms with Crippen LogP contribution in [0.1, 0.15) is 10.4 Å². The molecule has 31 heavy (non-hydrogen) atoms. The molecule has 0 radical (unpaired) electrons. The molecule has 8 heteroatoms. The highest BCUT2D eigenvalue weighted by atomic mass is 16.6. The summed E-state index contributed by atoms with van der Waals surface area (Å²) >= 11 is 0. The Kier molecular flexibility index (Phi) is 6.49. The van der Waals surface area contributed by atoms with Gasteiger partial charge in [-0.15, -0.1) is 0 Å². The van der Waals surface area contributed by atoms with Gasteiger partial charge in [0.05, 0.1) is 13.7 Å². The maximum atomic E-state index is 12.5. The molecule has 0 saturated carbocycles. The number of ether oxygens (including phenoxy) is 4. The molecule has 2 aromatic carbocycles. The predicted molar refractivity (Wildman–Crippen MR) is 113 cm³/mol. The Morgan fingerprint density at radius 1 is 1.10 bits per heavy atom. The molecule has 0 spiro atoms. The van der Waals surface area contributed by atoms with Gasteiger partial charge in [0.2, 0.25) is 0 Å². The van der Waals surface area contributed by atoms with Gasteiger partial charge < -0.3 is 24.3 Å². The highest BCUT2D eigenvalue weighted by Gasteiger charge is 2.47. The van der Waals surface area contributed by atoms with E-state index in [0.717, 1.165) is 0 Å². The van der Waals surface area contributed by atoms with E-state index in [-0.39, 0.29) is 18.6 Å². The van der Waals surface area contributed by atoms with E-state index in [2.05, 4.69) is 10.6 Å². The van der Waals surface area contributed by atoms with Gasteiger partial charge in [0.1, 0.15) is 24.1 Å². The first-order valence-corrected chi connectivity index (χ1v) is 10.0. The number of hydrogen-bond donors (Lipinski definition) is 2. The summed E-state index contributed by atoms with van der Waals surface area (Å²) in [7, 11) is 1.57. The highest BCUT2D eigenvalue weighted by Crippen LogP contribution is 2.30. The molecule has 2 aliphatic heterocycles. The molecule has 4 atom stereocenters. The average molecular weight is 424 g/mol. The zero-order chi connectivity index (χ0) is 21.6. The molecule has 0 aromatic heterocycles. The molecule has 0 bridgehead atoms. The van der Waals surface area contributed by atoms with Crippen LogP contribution in [0.4, 0.5) is 10.5 Å². The van der Waals surface area contributed by atoms with Crippen LogP contribution in [0.15, 0.2) is 66.7 Å². The van der Waals surface area contributed by atoms with E-state index < -0.39 is 24.4 Å². The lowest BCUT2D eigenvalue weighted by Crippen LogP contribution is -2.44. The molecule has 2 amide bonds. The number of carbonyl (C=O) groups excluding carboxylic acids is 2. The SMILES string of the molecule is COc1ccc(NC(=O)O[C@H]2[C@@H]3OCC=C[C@@H]3O[C@@H]2CNC(=O)c2ccccc2)cc1. The van der Waals surface area contributed by atoms with Gasteiger partial charge in [-0.3, -0.25) is 10.1 Å². The minimum Gasteiger partial charge on any atom is -0.497 e. The van der Waals surface area contributed by atoms with E-state index in [1.54, 1.807) is 55.6 Å². The van der Waals surface area contributed by atoms with Crippen LogP contribution in [-0.4, -0.2) is 56.7 Å². The molecule has 8 nitrogen and oxygen atoms in total. The van der Waals surface area contributed by atoms with Crippen molar-refractivity contribution in [2.75, 3.05) is 25.6 Å². The predicted octanol–water partition coefficient (Wildman–Crippen LogP) is 2.76. The van der Waals surface area contributed by atoms with Crippen molar-refractivity contribution in [3.05, 3.63) is 72.3 Å². The first kappa shape index (κ1) is 20.9. The van der Waals surface area contributed by atoms with Gasteiger partial charge in [-0.1, -0.05) is 30.4 Å². The second kappa shape index (κ2) is 9.63. The van der Waals surface area contributed by atoms with Crippen LogP contribution in [-0.2, 0) is 14.2 Å². The van der Waals surface area contributed by atoms with Crippen molar-refractivity contribution in [2.24, 2.45) is 0 Å². The maximum Gasteiger partial charge on any atom is 0.412 e. The minimum absolute atomic E-state index is 0.179. The number of anilines is 1. The third-order valence-corrected chi connectivity index (χ3v) is 5.14. The topological polar surface area (TPSA) is 95.1 Å². The standard InChI is InChI=1S/C23H24N2O6/c1-28-17-11-9-16(10-12-17)25-23(27)31-21-19(30-18-8-5-13-29-20(18)21)14-24-22(26)15-6-3-2-4-7-15/h2-12,18-21H,13-14H2,1H3,(H,24,26)(H,25,27)/t18-,19+,20+,21+/m0/s1. The van der Waals surface area contributed by atoms with Crippen LogP contribution in [0.2, 0.25) is 0 Å². The van der Waals surface area contributed by atoms with E-state index >= 15 is 0 Å². The zero-order valence-electron chi connectivity index (χ0n) is 17.0. The Labute approximate surface area is 180 Å². The molecule has 1 saturated heterocycles. The summed E-state index contributed by atoms with van der Waals surface area (Å²) in [5, 5.41) is 5.54. The molecule has 2 aliphatic rings. The lowest BCUT2D eigenvalue weighted by Gasteiger charge is -2.25. The zero-order valence-corrected chi connectivity index (χ0v) is 17.0. The van der Waals surface area contributed by atoms with Crippen molar-refractivity contribution in [3.63, 3.8) is 0 Å². The largest absolute Gasteiger partial charge is 0.497 e. The average Bonchev–Trinajstić information content (AvgIpc) is 3.15. The Morgan fingerprint density at radius 3 is 2.61 bits per heavy atom. The van der Waals surface area contributed by atoms with Gasteiger partial charge >= 0.3 is 6.09 Å². The van der Waals surface area contributed by atoms with E-state index in [0.29, 0.717) is 23.6 Å². The number of hydrogen-bond acceptors (Lipinski definition) is 6. The van der Waals surface area contributed by atoms with Crippen molar-refractivity contribution < 1.29 is 28.5 Å². The van der Waals surface area contributed by atoms with Crippen LogP contribution in [0.25, 0.3) is 0 Å². The van der Waals surface area contributed by atoms with Gasteiger partial charge in [0.15, 0.2) is 6.10 Å². The fourth-order valence-corrected chi connectivity index (χ4v) is 3.59. The molecule has 162 valence electrons. The summed E-state index contributed by atoms with van der Waals surface area (Å²) in [6.07, 6.45) is 1.12. The van der Waals surface area contributed by atoms with E-state index in [4.69, 9.17) is 18.9 Å². The lowest BCUT2D eigenvalue weighted by atomic mass is 10.1. The van der Waals surface area contributed by atoms with Gasteiger partial charge in [0, 0.05) is 17.8 Å². The van der Waals surface area contributed by atoms with Gasteiger partial charge in [-0.25, -0.2) is 4.79 Å². The number of nitrogens with one attached hydrogen (secondary N) is 2. The lowest BCUT2D eigenvalue weighted by molar-refractivity contribution is -0.0250. The summed E-state index contributed by atoms with van der Waals surface area (Å²) in [6, 6.07) is 15.8. The molecule has 2 N–H and O–H groups in total. The van der Waals surface area contributed by atoms with Crippen molar-refractivity contribution in [1.29, 1.82) is 0 Å². The number of amides is 2. The van der Waals surface area contributed by atoms with Crippen molar-refractivity contribution in [3.8, 4) is 5.75 Å². The number of rotatable bonds is 6. The summed E-state index contributed by atoms with van der Waals surface area (Å²) in [6.45, 7) is 0.589. The van der Waals surface area contributed by atoms with E-state index in [9.17, 15) is 9.59 Å². The molecule has 0 unspecified atom stereocenters. The highest BCUT2D eigenvalue weighted by molar-refractivity contribution is 5.94. The molecule has 1 fully saturated rings. The summed E-state index contributed by atoms with van der Waals surface area (Å²) < 4.78 is 22.6. The van der Waals surface area contributed by atoms with Gasteiger partial charge in [-0.2, -0.15) is 0 Å². The number of carbonyl (C=O) groups is 2. The first-order valence-electron chi connectivity index (χ1n) is 10.0. The van der Waals surface area contributed by atoms with Crippen molar-refractivity contribution in [1.82, 2.24) is 5.32 Å². The minimum atomic E-state index is -0.677. The monoisotopic (exact) mass is 424 g/mol. The fraction of sp³-hybridized carbons (Fsp3) is 0.304. The molecule has 2 heterocycles. The second-order valence-electron chi connectivity index (χ2n) is 7.16. The summed E-state index contributed by atoms with van der Waals surface area (Å²) in [5.74, 6) is 0.458. The number of fused-ring (bicyclic) bond motifs is 1. The quantitative estimate of drug-likeness (QED) is 0.693. The van der Waals surface area contributed by atoms with Crippen LogP contribution >= 0.6 is 0 Å². The molecular formula is C23H24N2O6. The number of methoxy groups -OCH3 is 1. The summed E-state index contributed by atoms with van der Waals surface area (Å²) in [5.41, 5.74) is 1.11. The molecular weight excluding hydrogens is 400 g/mol. The van der Waals surface area contributed by atoms with Crippen molar-refractivity contribution >= 4 is 17.7 Å². The first-order chi connectivity index (χ1) is 15.1. The van der Waals surface area contributed by atoms with Crippen LogP contribution in [0.5, 0.6) is 5.75 Å².